The normalized spacial score (nSPS) is 13.4. The van der Waals surface area contributed by atoms with Crippen LogP contribution in [-0.4, -0.2) is 27.9 Å². The molecule has 1 heterocycles. The van der Waals surface area contributed by atoms with Gasteiger partial charge in [-0.05, 0) is 42.8 Å². The summed E-state index contributed by atoms with van der Waals surface area (Å²) >= 11 is 0.752. The number of carbonyl (C=O) groups is 2. The molecule has 2 aromatic carbocycles. The third-order valence-electron chi connectivity index (χ3n) is 4.18. The highest BCUT2D eigenvalue weighted by Gasteiger charge is 2.31. The van der Waals surface area contributed by atoms with E-state index in [2.05, 4.69) is 9.73 Å². The first-order valence-corrected chi connectivity index (χ1v) is 9.49. The van der Waals surface area contributed by atoms with Gasteiger partial charge < -0.3 is 14.4 Å². The summed E-state index contributed by atoms with van der Waals surface area (Å²) < 4.78 is 69.3. The molecule has 0 fully saturated rings. The number of fused-ring (bicyclic) bond motifs is 1. The highest BCUT2D eigenvalue weighted by molar-refractivity contribution is 7.16. The van der Waals surface area contributed by atoms with Crippen LogP contribution in [0, 0.1) is 11.6 Å². The van der Waals surface area contributed by atoms with E-state index in [9.17, 15) is 36.6 Å². The van der Waals surface area contributed by atoms with Crippen molar-refractivity contribution in [3.8, 4) is 5.75 Å². The fourth-order valence-corrected chi connectivity index (χ4v) is 3.94. The zero-order chi connectivity index (χ0) is 22.9. The maximum absolute atomic E-state index is 13.4. The Morgan fingerprint density at radius 1 is 1.16 bits per heavy atom. The van der Waals surface area contributed by atoms with E-state index in [4.69, 9.17) is 0 Å². The number of halogens is 5. The van der Waals surface area contributed by atoms with Crippen LogP contribution in [0.4, 0.5) is 22.0 Å². The highest BCUT2D eigenvalue weighted by Crippen LogP contribution is 2.30. The number of carboxylic acids is 1. The van der Waals surface area contributed by atoms with Crippen molar-refractivity contribution in [2.24, 2.45) is 4.99 Å². The number of ether oxygens (including phenoxy) is 1. The summed E-state index contributed by atoms with van der Waals surface area (Å²) in [4.78, 5) is 27.9. The van der Waals surface area contributed by atoms with Crippen molar-refractivity contribution in [2.45, 2.75) is 25.7 Å². The maximum Gasteiger partial charge on any atom is 0.573 e. The molecule has 0 aliphatic carbocycles. The number of nitrogens with zero attached hydrogens (tertiary/aromatic N) is 2. The number of carbonyl (C=O) groups excluding carboxylic acids is 1. The van der Waals surface area contributed by atoms with Crippen LogP contribution in [0.15, 0.2) is 41.4 Å². The fourth-order valence-electron chi connectivity index (χ4n) is 2.85. The minimum atomic E-state index is -4.93. The van der Waals surface area contributed by atoms with Crippen molar-refractivity contribution >= 4 is 33.4 Å². The van der Waals surface area contributed by atoms with E-state index >= 15 is 0 Å². The second-order valence-corrected chi connectivity index (χ2v) is 7.25. The topological polar surface area (TPSA) is 80.9 Å². The quantitative estimate of drug-likeness (QED) is 0.562. The number of hydrogen-bond acceptors (Lipinski definition) is 4. The molecule has 164 valence electrons. The van der Waals surface area contributed by atoms with E-state index in [0.717, 1.165) is 35.6 Å². The van der Waals surface area contributed by atoms with Gasteiger partial charge in [0.15, 0.2) is 16.4 Å². The number of amides is 1. The summed E-state index contributed by atoms with van der Waals surface area (Å²) in [7, 11) is 0. The Hall–Kier alpha value is -3.28. The van der Waals surface area contributed by atoms with Crippen LogP contribution in [0.3, 0.4) is 0 Å². The minimum Gasteiger partial charge on any atom is -0.480 e. The van der Waals surface area contributed by atoms with Gasteiger partial charge in [0.1, 0.15) is 11.8 Å². The van der Waals surface area contributed by atoms with E-state index in [1.807, 2.05) is 0 Å². The Morgan fingerprint density at radius 3 is 2.45 bits per heavy atom. The Kier molecular flexibility index (Phi) is 6.11. The molecule has 0 bridgehead atoms. The molecule has 1 atom stereocenters. The molecule has 0 aliphatic heterocycles. The van der Waals surface area contributed by atoms with Crippen molar-refractivity contribution in [2.75, 3.05) is 0 Å². The number of rotatable bonds is 5. The lowest BCUT2D eigenvalue weighted by molar-refractivity contribution is -0.274. The number of aromatic nitrogens is 1. The largest absolute Gasteiger partial charge is 0.573 e. The standard InChI is InChI=1S/C19H13F5N2O4S/c1-2-13(17(28)29)26-14-6-4-10(30-19(22,23)24)8-15(14)31-18(26)25-16(27)9-3-5-11(20)12(21)7-9/h3-8,13H,2H2,1H3,(H,28,29)/b25-18-. The number of hydrogen-bond donors (Lipinski definition) is 1. The third-order valence-corrected chi connectivity index (χ3v) is 5.20. The fraction of sp³-hybridized carbons (Fsp3) is 0.211. The Labute approximate surface area is 174 Å². The van der Waals surface area contributed by atoms with Gasteiger partial charge in [-0.3, -0.25) is 4.79 Å². The third kappa shape index (κ3) is 4.90. The van der Waals surface area contributed by atoms with Crippen LogP contribution in [0.2, 0.25) is 0 Å². The molecule has 1 N–H and O–H groups in total. The number of thiazole rings is 1. The molecule has 6 nitrogen and oxygen atoms in total. The molecular formula is C19H13F5N2O4S. The van der Waals surface area contributed by atoms with E-state index in [1.165, 1.54) is 10.6 Å². The second-order valence-electron chi connectivity index (χ2n) is 6.24. The maximum atomic E-state index is 13.4. The SMILES string of the molecule is CCC(C(=O)O)n1/c(=N/C(=O)c2ccc(F)c(F)c2)sc2cc(OC(F)(F)F)ccc21. The zero-order valence-corrected chi connectivity index (χ0v) is 16.4. The van der Waals surface area contributed by atoms with Crippen LogP contribution in [-0.2, 0) is 4.79 Å². The average molecular weight is 460 g/mol. The van der Waals surface area contributed by atoms with Gasteiger partial charge in [-0.25, -0.2) is 13.6 Å². The Bertz CT molecular complexity index is 1230. The molecule has 1 aromatic heterocycles. The molecular weight excluding hydrogens is 447 g/mol. The molecule has 31 heavy (non-hydrogen) atoms. The lowest BCUT2D eigenvalue weighted by Crippen LogP contribution is -2.27. The van der Waals surface area contributed by atoms with Gasteiger partial charge in [0.2, 0.25) is 0 Å². The van der Waals surface area contributed by atoms with Crippen LogP contribution in [0.5, 0.6) is 5.75 Å². The van der Waals surface area contributed by atoms with Gasteiger partial charge in [-0.15, -0.1) is 13.2 Å². The molecule has 3 aromatic rings. The zero-order valence-electron chi connectivity index (χ0n) is 15.6. The predicted molar refractivity (Wildman–Crippen MR) is 99.7 cm³/mol. The summed E-state index contributed by atoms with van der Waals surface area (Å²) in [6.45, 7) is 1.57. The average Bonchev–Trinajstić information content (AvgIpc) is 3.00. The summed E-state index contributed by atoms with van der Waals surface area (Å²) in [5.41, 5.74) is -0.0713. The van der Waals surface area contributed by atoms with E-state index in [-0.39, 0.29) is 27.0 Å². The first kappa shape index (κ1) is 22.4. The summed E-state index contributed by atoms with van der Waals surface area (Å²) in [6.07, 6.45) is -4.85. The molecule has 12 heteroatoms. The Balaban J connectivity index is 2.19. The van der Waals surface area contributed by atoms with Crippen LogP contribution in [0.1, 0.15) is 29.7 Å². The first-order valence-electron chi connectivity index (χ1n) is 8.68. The molecule has 0 saturated carbocycles. The van der Waals surface area contributed by atoms with Gasteiger partial charge in [-0.2, -0.15) is 4.99 Å². The van der Waals surface area contributed by atoms with Crippen LogP contribution >= 0.6 is 11.3 Å². The number of aliphatic carboxylic acids is 1. The summed E-state index contributed by atoms with van der Waals surface area (Å²) in [6, 6.07) is 4.48. The number of carboxylic acid groups (broad SMARTS) is 1. The number of benzene rings is 2. The molecule has 1 unspecified atom stereocenters. The van der Waals surface area contributed by atoms with Crippen molar-refractivity contribution in [3.05, 3.63) is 58.4 Å². The molecule has 1 amide bonds. The lowest BCUT2D eigenvalue weighted by Gasteiger charge is -2.14. The van der Waals surface area contributed by atoms with E-state index in [1.54, 1.807) is 6.92 Å². The van der Waals surface area contributed by atoms with Gasteiger partial charge in [0.25, 0.3) is 5.91 Å². The first-order chi connectivity index (χ1) is 14.5. The molecule has 0 saturated heterocycles. The summed E-state index contributed by atoms with van der Waals surface area (Å²) in [5, 5.41) is 9.55. The van der Waals surface area contributed by atoms with Crippen molar-refractivity contribution in [1.82, 2.24) is 4.57 Å². The molecule has 0 aliphatic rings. The highest BCUT2D eigenvalue weighted by atomic mass is 32.1. The van der Waals surface area contributed by atoms with Crippen LogP contribution < -0.4 is 9.54 Å². The van der Waals surface area contributed by atoms with Gasteiger partial charge in [0.05, 0.1) is 10.2 Å². The molecule has 3 rings (SSSR count). The lowest BCUT2D eigenvalue weighted by atomic mass is 10.2. The molecule has 0 radical (unpaired) electrons. The van der Waals surface area contributed by atoms with Crippen molar-refractivity contribution < 1.29 is 41.4 Å². The number of alkyl halides is 3. The van der Waals surface area contributed by atoms with Crippen molar-refractivity contribution in [1.29, 1.82) is 0 Å². The van der Waals surface area contributed by atoms with Gasteiger partial charge >= 0.3 is 12.3 Å². The van der Waals surface area contributed by atoms with Gasteiger partial charge in [0, 0.05) is 5.56 Å². The summed E-state index contributed by atoms with van der Waals surface area (Å²) in [5.74, 6) is -5.19. The second kappa shape index (κ2) is 8.46. The van der Waals surface area contributed by atoms with E-state index < -0.39 is 41.7 Å². The monoisotopic (exact) mass is 460 g/mol. The molecule has 0 spiro atoms. The predicted octanol–water partition coefficient (Wildman–Crippen LogP) is 4.66. The Morgan fingerprint density at radius 2 is 1.87 bits per heavy atom. The minimum absolute atomic E-state index is 0.0779. The van der Waals surface area contributed by atoms with E-state index in [0.29, 0.717) is 6.07 Å². The van der Waals surface area contributed by atoms with Crippen molar-refractivity contribution in [3.63, 3.8) is 0 Å². The smallest absolute Gasteiger partial charge is 0.480 e. The van der Waals surface area contributed by atoms with Gasteiger partial charge in [-0.1, -0.05) is 18.3 Å². The van der Waals surface area contributed by atoms with Crippen LogP contribution in [0.25, 0.3) is 10.2 Å².